The molecule has 1 fully saturated rings. The van der Waals surface area contributed by atoms with E-state index in [2.05, 4.69) is 5.48 Å². The Balaban J connectivity index is 2.43. The van der Waals surface area contributed by atoms with Crippen LogP contribution in [0.1, 0.15) is 23.5 Å². The van der Waals surface area contributed by atoms with E-state index in [0.29, 0.717) is 24.1 Å². The molecule has 0 radical (unpaired) electrons. The molecule has 1 aromatic carbocycles. The lowest BCUT2D eigenvalue weighted by atomic mass is 9.78. The maximum atomic E-state index is 12.9. The van der Waals surface area contributed by atoms with E-state index >= 15 is 0 Å². The summed E-state index contributed by atoms with van der Waals surface area (Å²) in [5.74, 6) is -3.21. The Bertz CT molecular complexity index is 642. The van der Waals surface area contributed by atoms with Crippen molar-refractivity contribution in [1.29, 1.82) is 5.41 Å². The van der Waals surface area contributed by atoms with Crippen LogP contribution in [0.5, 0.6) is 0 Å². The van der Waals surface area contributed by atoms with E-state index in [1.165, 1.54) is 0 Å². The highest BCUT2D eigenvalue weighted by Gasteiger charge is 2.48. The number of nitrogen functional groups attached to an aromatic ring is 1. The number of rotatable bonds is 7. The summed E-state index contributed by atoms with van der Waals surface area (Å²) in [6.07, 6.45) is -0.0417. The molecule has 0 aliphatic carbocycles. The number of benzene rings is 1. The van der Waals surface area contributed by atoms with Gasteiger partial charge in [-0.25, -0.2) is 10.3 Å². The molecule has 0 spiro atoms. The molecular formula is C15H21N5O4. The first-order valence-electron chi connectivity index (χ1n) is 7.40. The lowest BCUT2D eigenvalue weighted by Gasteiger charge is -2.29. The smallest absolute Gasteiger partial charge is 0.332 e. The number of amidine groups is 1. The molecule has 1 aromatic rings. The number of nitrogens with one attached hydrogen (secondary N) is 2. The number of ketones is 1. The van der Waals surface area contributed by atoms with Crippen LogP contribution in [0, 0.1) is 5.41 Å². The van der Waals surface area contributed by atoms with Gasteiger partial charge in [0, 0.05) is 18.7 Å². The van der Waals surface area contributed by atoms with Crippen LogP contribution >= 0.6 is 0 Å². The molecule has 9 N–H and O–H groups in total. The number of carboxylic acid groups (broad SMARTS) is 1. The fourth-order valence-corrected chi connectivity index (χ4v) is 2.64. The van der Waals surface area contributed by atoms with Crippen molar-refractivity contribution in [3.63, 3.8) is 0 Å². The van der Waals surface area contributed by atoms with Gasteiger partial charge in [0.15, 0.2) is 11.3 Å². The maximum Gasteiger partial charge on any atom is 0.332 e. The maximum absolute atomic E-state index is 12.9. The number of nitrogens with two attached hydrogens (primary N) is 3. The van der Waals surface area contributed by atoms with Gasteiger partial charge in [-0.1, -0.05) is 24.3 Å². The SMILES string of the molecule is N=C(N)c1ccc([C@H](C(=O)[C@@](N)(CN)C(=O)O)[C@H]2CCNO2)cc1. The van der Waals surface area contributed by atoms with E-state index in [-0.39, 0.29) is 5.84 Å². The highest BCUT2D eigenvalue weighted by atomic mass is 16.7. The van der Waals surface area contributed by atoms with Gasteiger partial charge in [0.2, 0.25) is 0 Å². The predicted octanol–water partition coefficient (Wildman–Crippen LogP) is -1.34. The monoisotopic (exact) mass is 335 g/mol. The Morgan fingerprint density at radius 3 is 2.46 bits per heavy atom. The van der Waals surface area contributed by atoms with Crippen molar-refractivity contribution in [3.05, 3.63) is 35.4 Å². The van der Waals surface area contributed by atoms with Gasteiger partial charge in [-0.2, -0.15) is 0 Å². The summed E-state index contributed by atoms with van der Waals surface area (Å²) in [6.45, 7) is 0.0105. The molecule has 1 saturated heterocycles. The average molecular weight is 335 g/mol. The fourth-order valence-electron chi connectivity index (χ4n) is 2.64. The molecule has 0 aromatic heterocycles. The Hall–Kier alpha value is -2.33. The third-order valence-corrected chi connectivity index (χ3v) is 4.14. The molecule has 3 atom stereocenters. The normalized spacial score (nSPS) is 21.0. The van der Waals surface area contributed by atoms with Gasteiger partial charge in [0.1, 0.15) is 5.84 Å². The van der Waals surface area contributed by atoms with Gasteiger partial charge in [-0.05, 0) is 12.0 Å². The summed E-state index contributed by atoms with van der Waals surface area (Å²) in [6, 6.07) is 6.39. The highest BCUT2D eigenvalue weighted by molar-refractivity contribution is 6.11. The van der Waals surface area contributed by atoms with E-state index in [4.69, 9.17) is 27.4 Å². The lowest BCUT2D eigenvalue weighted by Crippen LogP contribution is -2.62. The third-order valence-electron chi connectivity index (χ3n) is 4.14. The Morgan fingerprint density at radius 2 is 2.04 bits per heavy atom. The van der Waals surface area contributed by atoms with Crippen molar-refractivity contribution in [2.75, 3.05) is 13.1 Å². The first-order valence-corrected chi connectivity index (χ1v) is 7.40. The molecule has 0 bridgehead atoms. The molecule has 9 heteroatoms. The Labute approximate surface area is 138 Å². The number of aliphatic carboxylic acids is 1. The van der Waals surface area contributed by atoms with Gasteiger partial charge in [0.25, 0.3) is 0 Å². The summed E-state index contributed by atoms with van der Waals surface area (Å²) < 4.78 is 0. The summed E-state index contributed by atoms with van der Waals surface area (Å²) in [5.41, 5.74) is 18.1. The number of hydrogen-bond donors (Lipinski definition) is 6. The molecule has 1 heterocycles. The topological polar surface area (TPSA) is 178 Å². The van der Waals surface area contributed by atoms with E-state index in [1.807, 2.05) is 0 Å². The molecule has 1 aliphatic rings. The van der Waals surface area contributed by atoms with E-state index in [0.717, 1.165) is 0 Å². The summed E-state index contributed by atoms with van der Waals surface area (Å²) in [7, 11) is 0. The van der Waals surface area contributed by atoms with Gasteiger partial charge < -0.3 is 22.3 Å². The predicted molar refractivity (Wildman–Crippen MR) is 86.3 cm³/mol. The first kappa shape index (κ1) is 18.0. The Morgan fingerprint density at radius 1 is 1.42 bits per heavy atom. The zero-order valence-corrected chi connectivity index (χ0v) is 13.0. The fraction of sp³-hybridized carbons (Fsp3) is 0.400. The second kappa shape index (κ2) is 7.05. The number of hydrogen-bond acceptors (Lipinski definition) is 7. The molecule has 0 unspecified atom stereocenters. The van der Waals surface area contributed by atoms with Crippen LogP contribution in [-0.2, 0) is 14.4 Å². The minimum atomic E-state index is -2.20. The van der Waals surface area contributed by atoms with Gasteiger partial charge in [0.05, 0.1) is 12.0 Å². The number of carbonyl (C=O) groups is 2. The minimum Gasteiger partial charge on any atom is -0.479 e. The summed E-state index contributed by atoms with van der Waals surface area (Å²) >= 11 is 0. The van der Waals surface area contributed by atoms with Crippen molar-refractivity contribution in [1.82, 2.24) is 5.48 Å². The van der Waals surface area contributed by atoms with Crippen molar-refractivity contribution in [2.45, 2.75) is 24.0 Å². The van der Waals surface area contributed by atoms with Crippen molar-refractivity contribution in [2.24, 2.45) is 17.2 Å². The van der Waals surface area contributed by atoms with Crippen LogP contribution in [0.2, 0.25) is 0 Å². The zero-order valence-electron chi connectivity index (χ0n) is 13.0. The summed E-state index contributed by atoms with van der Waals surface area (Å²) in [5, 5.41) is 16.7. The Kier molecular flexibility index (Phi) is 5.30. The van der Waals surface area contributed by atoms with Crippen LogP contribution < -0.4 is 22.7 Å². The molecule has 9 nitrogen and oxygen atoms in total. The van der Waals surface area contributed by atoms with Crippen LogP contribution in [0.25, 0.3) is 0 Å². The molecule has 130 valence electrons. The molecule has 24 heavy (non-hydrogen) atoms. The minimum absolute atomic E-state index is 0.108. The first-order chi connectivity index (χ1) is 11.3. The zero-order chi connectivity index (χ0) is 17.9. The van der Waals surface area contributed by atoms with Crippen LogP contribution in [0.15, 0.2) is 24.3 Å². The molecule has 2 rings (SSSR count). The average Bonchev–Trinajstić information content (AvgIpc) is 3.08. The van der Waals surface area contributed by atoms with Gasteiger partial charge >= 0.3 is 5.97 Å². The largest absolute Gasteiger partial charge is 0.479 e. The second-order valence-corrected chi connectivity index (χ2v) is 5.70. The number of hydroxylamine groups is 1. The molecule has 0 saturated carbocycles. The van der Waals surface area contributed by atoms with Gasteiger partial charge in [-0.3, -0.25) is 15.0 Å². The van der Waals surface area contributed by atoms with Crippen LogP contribution in [0.3, 0.4) is 0 Å². The number of carbonyl (C=O) groups excluding carboxylic acids is 1. The van der Waals surface area contributed by atoms with E-state index < -0.39 is 35.9 Å². The standard InChI is InChI=1S/C15H21N5O4/c16-7-15(19,14(22)23)12(21)11(10-5-6-20-24-10)8-1-3-9(4-2-8)13(17)18/h1-4,10-11,20H,5-7,16,19H2,(H3,17,18)(H,22,23)/t10-,11+,15+/m1/s1. The van der Waals surface area contributed by atoms with E-state index in [9.17, 15) is 14.7 Å². The molecule has 1 aliphatic heterocycles. The summed E-state index contributed by atoms with van der Waals surface area (Å²) in [4.78, 5) is 29.7. The quantitative estimate of drug-likeness (QED) is 0.201. The number of carboxylic acids is 1. The molecule has 0 amide bonds. The van der Waals surface area contributed by atoms with Crippen LogP contribution in [-0.4, -0.2) is 47.4 Å². The van der Waals surface area contributed by atoms with Crippen molar-refractivity contribution < 1.29 is 19.5 Å². The van der Waals surface area contributed by atoms with Crippen molar-refractivity contribution in [3.8, 4) is 0 Å². The lowest BCUT2D eigenvalue weighted by molar-refractivity contribution is -0.149. The van der Waals surface area contributed by atoms with Crippen LogP contribution in [0.4, 0.5) is 0 Å². The van der Waals surface area contributed by atoms with E-state index in [1.54, 1.807) is 24.3 Å². The highest BCUT2D eigenvalue weighted by Crippen LogP contribution is 2.30. The van der Waals surface area contributed by atoms with Gasteiger partial charge in [-0.15, -0.1) is 0 Å². The molecular weight excluding hydrogens is 314 g/mol. The number of Topliss-reactive ketones (excluding diaryl/α,β-unsaturated/α-hetero) is 1. The van der Waals surface area contributed by atoms with Crippen molar-refractivity contribution >= 4 is 17.6 Å². The second-order valence-electron chi connectivity index (χ2n) is 5.70. The third kappa shape index (κ3) is 3.29.